The Hall–Kier alpha value is -1.98. The number of anilines is 1. The molecule has 6 nitrogen and oxygen atoms in total. The van der Waals surface area contributed by atoms with Crippen LogP contribution in [0.15, 0.2) is 12.3 Å². The van der Waals surface area contributed by atoms with Gasteiger partial charge in [0.1, 0.15) is 5.69 Å². The Morgan fingerprint density at radius 2 is 2.18 bits per heavy atom. The zero-order valence-corrected chi connectivity index (χ0v) is 10.4. The van der Waals surface area contributed by atoms with E-state index >= 15 is 0 Å². The van der Waals surface area contributed by atoms with Crippen LogP contribution >= 0.6 is 0 Å². The lowest BCUT2D eigenvalue weighted by Crippen LogP contribution is -2.38. The Kier molecular flexibility index (Phi) is 4.14. The molecule has 0 unspecified atom stereocenters. The highest BCUT2D eigenvalue weighted by molar-refractivity contribution is 5.96. The minimum atomic E-state index is -0.304. The molecule has 1 aromatic heterocycles. The summed E-state index contributed by atoms with van der Waals surface area (Å²) in [5.74, 6) is -0.426. The number of nitrogens with one attached hydrogen (secondary N) is 1. The fourth-order valence-electron chi connectivity index (χ4n) is 1.37. The summed E-state index contributed by atoms with van der Waals surface area (Å²) in [5.41, 5.74) is 6.53. The normalized spacial score (nSPS) is 10.1. The highest BCUT2D eigenvalue weighted by Crippen LogP contribution is 2.07. The van der Waals surface area contributed by atoms with E-state index in [2.05, 4.69) is 5.32 Å². The van der Waals surface area contributed by atoms with Crippen LogP contribution in [0.1, 0.15) is 17.4 Å². The van der Waals surface area contributed by atoms with Crippen LogP contribution in [-0.4, -0.2) is 41.4 Å². The molecule has 6 heteroatoms. The van der Waals surface area contributed by atoms with Crippen LogP contribution in [0.3, 0.4) is 0 Å². The van der Waals surface area contributed by atoms with E-state index in [9.17, 15) is 9.59 Å². The van der Waals surface area contributed by atoms with E-state index in [-0.39, 0.29) is 18.4 Å². The third-order valence-electron chi connectivity index (χ3n) is 2.56. The molecule has 0 atom stereocenters. The first-order valence-corrected chi connectivity index (χ1v) is 5.39. The van der Waals surface area contributed by atoms with Crippen molar-refractivity contribution < 1.29 is 9.59 Å². The van der Waals surface area contributed by atoms with Gasteiger partial charge in [-0.25, -0.2) is 0 Å². The highest BCUT2D eigenvalue weighted by Gasteiger charge is 2.13. The van der Waals surface area contributed by atoms with Crippen LogP contribution in [0.4, 0.5) is 5.69 Å². The van der Waals surface area contributed by atoms with E-state index in [1.54, 1.807) is 35.8 Å². The van der Waals surface area contributed by atoms with Crippen molar-refractivity contribution >= 4 is 17.5 Å². The number of nitrogens with two attached hydrogens (primary N) is 1. The van der Waals surface area contributed by atoms with E-state index in [0.717, 1.165) is 0 Å². The van der Waals surface area contributed by atoms with Crippen LogP contribution < -0.4 is 11.1 Å². The quantitative estimate of drug-likeness (QED) is 0.763. The maximum Gasteiger partial charge on any atom is 0.268 e. The van der Waals surface area contributed by atoms with Crippen LogP contribution in [0.5, 0.6) is 0 Å². The number of rotatable bonds is 4. The van der Waals surface area contributed by atoms with E-state index in [0.29, 0.717) is 17.9 Å². The highest BCUT2D eigenvalue weighted by atomic mass is 16.2. The summed E-state index contributed by atoms with van der Waals surface area (Å²) in [6, 6.07) is 1.57. The zero-order valence-electron chi connectivity index (χ0n) is 10.4. The predicted molar refractivity (Wildman–Crippen MR) is 65.5 cm³/mol. The van der Waals surface area contributed by atoms with Crippen molar-refractivity contribution in [3.8, 4) is 0 Å². The van der Waals surface area contributed by atoms with Gasteiger partial charge in [-0.3, -0.25) is 9.59 Å². The largest absolute Gasteiger partial charge is 0.397 e. The Morgan fingerprint density at radius 3 is 2.65 bits per heavy atom. The fraction of sp³-hybridized carbons (Fsp3) is 0.455. The SMILES string of the molecule is CCN(C)C(=O)CNC(=O)c1cc(N)cn1C. The summed E-state index contributed by atoms with van der Waals surface area (Å²) in [5, 5.41) is 2.56. The third kappa shape index (κ3) is 3.24. The number of likely N-dealkylation sites (N-methyl/N-ethyl adjacent to an activating group) is 1. The maximum absolute atomic E-state index is 11.7. The average Bonchev–Trinajstić information content (AvgIpc) is 2.63. The lowest BCUT2D eigenvalue weighted by molar-refractivity contribution is -0.128. The van der Waals surface area contributed by atoms with Crippen molar-refractivity contribution in [3.05, 3.63) is 18.0 Å². The Bertz CT molecular complexity index is 425. The molecule has 0 aliphatic rings. The molecule has 0 spiro atoms. The summed E-state index contributed by atoms with van der Waals surface area (Å²) < 4.78 is 1.62. The number of carbonyl (C=O) groups is 2. The number of amides is 2. The Labute approximate surface area is 100 Å². The van der Waals surface area contributed by atoms with E-state index in [1.165, 1.54) is 0 Å². The molecule has 0 fully saturated rings. The van der Waals surface area contributed by atoms with Crippen LogP contribution in [0.25, 0.3) is 0 Å². The van der Waals surface area contributed by atoms with Crippen molar-refractivity contribution in [1.82, 2.24) is 14.8 Å². The monoisotopic (exact) mass is 238 g/mol. The van der Waals surface area contributed by atoms with Crippen molar-refractivity contribution in [2.45, 2.75) is 6.92 Å². The standard InChI is InChI=1S/C11H18N4O2/c1-4-14(2)10(16)6-13-11(17)9-5-8(12)7-15(9)3/h5,7H,4,6,12H2,1-3H3,(H,13,17). The number of nitrogens with zero attached hydrogens (tertiary/aromatic N) is 2. The van der Waals surface area contributed by atoms with Crippen molar-refractivity contribution in [3.63, 3.8) is 0 Å². The smallest absolute Gasteiger partial charge is 0.268 e. The van der Waals surface area contributed by atoms with Crippen LogP contribution in [-0.2, 0) is 11.8 Å². The molecule has 3 N–H and O–H groups in total. The number of nitrogen functional groups attached to an aromatic ring is 1. The molecule has 1 aromatic rings. The molecule has 0 aliphatic heterocycles. The Balaban J connectivity index is 2.56. The fourth-order valence-corrected chi connectivity index (χ4v) is 1.37. The van der Waals surface area contributed by atoms with Gasteiger partial charge in [-0.05, 0) is 13.0 Å². The van der Waals surface area contributed by atoms with Gasteiger partial charge in [0, 0.05) is 26.8 Å². The molecule has 0 saturated carbocycles. The number of carbonyl (C=O) groups excluding carboxylic acids is 2. The molecule has 1 rings (SSSR count). The second-order valence-corrected chi connectivity index (χ2v) is 3.86. The summed E-state index contributed by atoms with van der Waals surface area (Å²) in [4.78, 5) is 24.8. The lowest BCUT2D eigenvalue weighted by atomic mass is 10.3. The number of hydrogen-bond acceptors (Lipinski definition) is 3. The van der Waals surface area contributed by atoms with Gasteiger partial charge in [0.05, 0.1) is 12.2 Å². The van der Waals surface area contributed by atoms with E-state index < -0.39 is 0 Å². The maximum atomic E-state index is 11.7. The molecule has 0 bridgehead atoms. The van der Waals surface area contributed by atoms with Gasteiger partial charge in [0.25, 0.3) is 5.91 Å². The second-order valence-electron chi connectivity index (χ2n) is 3.86. The number of hydrogen-bond donors (Lipinski definition) is 2. The molecule has 0 aliphatic carbocycles. The predicted octanol–water partition coefficient (Wildman–Crippen LogP) is -0.185. The molecule has 0 saturated heterocycles. The summed E-state index contributed by atoms with van der Waals surface area (Å²) >= 11 is 0. The summed E-state index contributed by atoms with van der Waals surface area (Å²) in [7, 11) is 3.42. The first kappa shape index (κ1) is 13.1. The molecule has 2 amide bonds. The summed E-state index contributed by atoms with van der Waals surface area (Å²) in [6.45, 7) is 2.48. The van der Waals surface area contributed by atoms with Gasteiger partial charge in [0.2, 0.25) is 5.91 Å². The van der Waals surface area contributed by atoms with E-state index in [1.807, 2.05) is 6.92 Å². The second kappa shape index (κ2) is 5.38. The van der Waals surface area contributed by atoms with Gasteiger partial charge in [-0.15, -0.1) is 0 Å². The first-order valence-electron chi connectivity index (χ1n) is 5.39. The van der Waals surface area contributed by atoms with Crippen LogP contribution in [0, 0.1) is 0 Å². The van der Waals surface area contributed by atoms with Crippen molar-refractivity contribution in [1.29, 1.82) is 0 Å². The molecular weight excluding hydrogens is 220 g/mol. The number of aromatic nitrogens is 1. The molecular formula is C11H18N4O2. The average molecular weight is 238 g/mol. The molecule has 17 heavy (non-hydrogen) atoms. The molecule has 94 valence electrons. The van der Waals surface area contributed by atoms with Crippen molar-refractivity contribution in [2.24, 2.45) is 7.05 Å². The topological polar surface area (TPSA) is 80.4 Å². The minimum Gasteiger partial charge on any atom is -0.397 e. The molecule has 0 radical (unpaired) electrons. The van der Waals surface area contributed by atoms with Gasteiger partial charge in [0.15, 0.2) is 0 Å². The minimum absolute atomic E-state index is 0.00570. The van der Waals surface area contributed by atoms with Gasteiger partial charge >= 0.3 is 0 Å². The van der Waals surface area contributed by atoms with Gasteiger partial charge in [-0.2, -0.15) is 0 Å². The number of aryl methyl sites for hydroxylation is 1. The molecule has 1 heterocycles. The van der Waals surface area contributed by atoms with E-state index in [4.69, 9.17) is 5.73 Å². The third-order valence-corrected chi connectivity index (χ3v) is 2.56. The van der Waals surface area contributed by atoms with Gasteiger partial charge in [-0.1, -0.05) is 0 Å². The van der Waals surface area contributed by atoms with Crippen molar-refractivity contribution in [2.75, 3.05) is 25.9 Å². The Morgan fingerprint density at radius 1 is 1.53 bits per heavy atom. The zero-order chi connectivity index (χ0) is 13.0. The summed E-state index contributed by atoms with van der Waals surface area (Å²) in [6.07, 6.45) is 1.65. The van der Waals surface area contributed by atoms with Gasteiger partial charge < -0.3 is 20.5 Å². The van der Waals surface area contributed by atoms with Crippen LogP contribution in [0.2, 0.25) is 0 Å². The first-order chi connectivity index (χ1) is 7.95. The molecule has 0 aromatic carbocycles. The lowest BCUT2D eigenvalue weighted by Gasteiger charge is -2.14.